The van der Waals surface area contributed by atoms with Crippen LogP contribution in [-0.2, 0) is 85.8 Å². The normalized spacial score (nSPS) is 32.5. The van der Waals surface area contributed by atoms with Gasteiger partial charge in [0, 0.05) is 73.2 Å². The molecule has 26 atom stereocenters. The van der Waals surface area contributed by atoms with Crippen molar-refractivity contribution in [2.45, 2.75) is 272 Å². The van der Waals surface area contributed by atoms with Crippen LogP contribution in [-0.4, -0.2) is 368 Å². The van der Waals surface area contributed by atoms with Crippen molar-refractivity contribution in [1.82, 2.24) is 31.5 Å². The van der Waals surface area contributed by atoms with E-state index in [0.717, 1.165) is 20.3 Å². The maximum absolute atomic E-state index is 12.4. The molecule has 0 spiro atoms. The number of nitrogens with two attached hydrogens (primary N) is 1. The van der Waals surface area contributed by atoms with Crippen LogP contribution >= 0.6 is 0 Å². The molecule has 4 amide bonds. The predicted octanol–water partition coefficient (Wildman–Crippen LogP) is -10.9. The van der Waals surface area contributed by atoms with E-state index in [1.165, 1.54) is 27.7 Å². The van der Waals surface area contributed by atoms with Crippen molar-refractivity contribution < 1.29 is 178 Å². The summed E-state index contributed by atoms with van der Waals surface area (Å²) in [5.41, 5.74) is 6.61. The van der Waals surface area contributed by atoms with Crippen LogP contribution in [0.3, 0.4) is 0 Å². The molecular formula is C66H115N7O36. The summed E-state index contributed by atoms with van der Waals surface area (Å²) < 4.78 is 45.8. The van der Waals surface area contributed by atoms with Crippen LogP contribution in [0, 0.1) is 5.92 Å². The lowest BCUT2D eigenvalue weighted by Crippen LogP contribution is -2.67. The van der Waals surface area contributed by atoms with Crippen molar-refractivity contribution in [2.24, 2.45) is 11.7 Å². The number of nitrogens with zero attached hydrogens (tertiary/aromatic N) is 1. The molecule has 630 valence electrons. The summed E-state index contributed by atoms with van der Waals surface area (Å²) in [5.74, 6) is -15.4. The third-order valence-electron chi connectivity index (χ3n) is 17.7. The third-order valence-corrected chi connectivity index (χ3v) is 17.7. The van der Waals surface area contributed by atoms with Crippen LogP contribution in [0.2, 0.25) is 0 Å². The zero-order valence-corrected chi connectivity index (χ0v) is 61.8. The second-order valence-electron chi connectivity index (χ2n) is 28.0. The van der Waals surface area contributed by atoms with Gasteiger partial charge < -0.3 is 172 Å². The van der Waals surface area contributed by atoms with E-state index in [2.05, 4.69) is 33.2 Å². The molecule has 0 aromatic carbocycles. The number of aliphatic hydroxyl groups excluding tert-OH is 14. The molecule has 0 aliphatic carbocycles. The SMILES string of the molecule is C.C=C(COC(=O)[C@]1(O)C[C@H](O)[C@@H](NC(C)=O)[C@H]([C@H](O)[C@H](O)CO)O1)N(C)C.CC(=O)N[C@H]1[C@H]([C@H](O)[C@H](O)CO)O[C@](O)(C(=O)OCC2=C(C)CC(=O)O2)C[C@@H]1O.CC(=O)N[C@H]1[C@H]([C@H](O)[C@H](O)COC(=O)[C@H](N)C(C)C)O[C@@](C)(O)C[C@@H]1O.CC(=O)N[C@H]1[C@H]([C@H](O)[C@H](O)COC(=O)[C@H]2CCCN2)O[C@@](C)(O)C[C@@H]1O. The van der Waals surface area contributed by atoms with Gasteiger partial charge in [0.25, 0.3) is 11.6 Å². The number of ether oxygens (including phenoxy) is 9. The average molecular weight is 1580 g/mol. The molecule has 0 unspecified atom stereocenters. The molecule has 43 heteroatoms. The van der Waals surface area contributed by atoms with Gasteiger partial charge in [-0.2, -0.15) is 0 Å². The van der Waals surface area contributed by atoms with Crippen molar-refractivity contribution in [3.8, 4) is 0 Å². The summed E-state index contributed by atoms with van der Waals surface area (Å²) in [7, 11) is 3.35. The summed E-state index contributed by atoms with van der Waals surface area (Å²) in [6.07, 6.45) is -25.1. The monoisotopic (exact) mass is 1580 g/mol. The molecule has 43 nitrogen and oxygen atoms in total. The molecule has 0 bridgehead atoms. The number of esters is 5. The van der Waals surface area contributed by atoms with Gasteiger partial charge >= 0.3 is 29.8 Å². The molecule has 0 aromatic heterocycles. The molecule has 5 fully saturated rings. The molecule has 109 heavy (non-hydrogen) atoms. The number of nitrogens with one attached hydrogen (secondary N) is 5. The Hall–Kier alpha value is -6.45. The van der Waals surface area contributed by atoms with E-state index < -0.39 is 256 Å². The Morgan fingerprint density at radius 1 is 0.587 bits per heavy atom. The summed E-state index contributed by atoms with van der Waals surface area (Å²) in [5, 5.41) is 194. The Balaban J connectivity index is 0.000000492. The highest BCUT2D eigenvalue weighted by Gasteiger charge is 2.57. The minimum atomic E-state index is -2.73. The fraction of sp³-hybridized carbons (Fsp3) is 0.803. The zero-order chi connectivity index (χ0) is 82.6. The number of rotatable bonds is 28. The Morgan fingerprint density at radius 3 is 1.28 bits per heavy atom. The van der Waals surface area contributed by atoms with Crippen molar-refractivity contribution in [1.29, 1.82) is 0 Å². The zero-order valence-electron chi connectivity index (χ0n) is 61.8. The van der Waals surface area contributed by atoms with Crippen LogP contribution in [0.4, 0.5) is 0 Å². The van der Waals surface area contributed by atoms with Crippen molar-refractivity contribution in [3.05, 3.63) is 23.6 Å². The summed E-state index contributed by atoms with van der Waals surface area (Å²) in [4.78, 5) is 107. The van der Waals surface area contributed by atoms with E-state index >= 15 is 0 Å². The predicted molar refractivity (Wildman–Crippen MR) is 366 cm³/mol. The first-order chi connectivity index (χ1) is 49.9. The molecule has 0 radical (unpaired) electrons. The van der Waals surface area contributed by atoms with Gasteiger partial charge in [0.15, 0.2) is 11.6 Å². The van der Waals surface area contributed by atoms with E-state index in [-0.39, 0.29) is 45.0 Å². The highest BCUT2D eigenvalue weighted by Crippen LogP contribution is 2.36. The van der Waals surface area contributed by atoms with Gasteiger partial charge in [-0.05, 0) is 51.6 Å². The Bertz CT molecular complexity index is 2960. The maximum Gasteiger partial charge on any atom is 0.367 e. The van der Waals surface area contributed by atoms with Crippen LogP contribution in [0.5, 0.6) is 0 Å². The summed E-state index contributed by atoms with van der Waals surface area (Å²) in [6, 6.07) is -5.95. The van der Waals surface area contributed by atoms with E-state index in [1.807, 2.05) is 0 Å². The molecule has 0 saturated carbocycles. The molecule has 5 saturated heterocycles. The Kier molecular flexibility index (Phi) is 39.4. The Morgan fingerprint density at radius 2 is 0.945 bits per heavy atom. The number of aliphatic hydroxyl groups is 18. The highest BCUT2D eigenvalue weighted by molar-refractivity contribution is 5.80. The fourth-order valence-corrected chi connectivity index (χ4v) is 11.6. The maximum atomic E-state index is 12.4. The number of amides is 4. The molecular weight excluding hydrogens is 1470 g/mol. The first kappa shape index (κ1) is 98.6. The van der Waals surface area contributed by atoms with Crippen LogP contribution in [0.1, 0.15) is 115 Å². The highest BCUT2D eigenvalue weighted by atomic mass is 16.7. The molecule has 6 aliphatic rings. The number of carbonyl (C=O) groups excluding carboxylic acids is 9. The second kappa shape index (κ2) is 43.5. The molecule has 0 aromatic rings. The van der Waals surface area contributed by atoms with Gasteiger partial charge in [-0.3, -0.25) is 33.6 Å². The number of carbonyl (C=O) groups is 9. The number of hydrogen-bond donors (Lipinski definition) is 24. The van der Waals surface area contributed by atoms with Crippen LogP contribution < -0.4 is 32.3 Å². The number of cyclic esters (lactones) is 1. The van der Waals surface area contributed by atoms with E-state index in [0.29, 0.717) is 24.2 Å². The minimum Gasteiger partial charge on any atom is -0.462 e. The van der Waals surface area contributed by atoms with E-state index in [9.17, 15) is 125 Å². The standard InChI is InChI=1S/C17H25NO11.C16H28N2O9.C16H28N2O8.C16H30N2O8.CH4/c1-7-3-12(23)28-11(7)6-27-16(25)17(26)4-9(21)13(18-8(2)20)15(29-17)14(24)10(22)5-19;1-8(18(3)4)7-26-15(24)16(25)5-10(21)12(17-9(2)20)14(27-16)13(23)11(22)6-19;1-8(19)18-12-10(20)6-16(2,24)26-14(12)13(22)11(21)7-25-15(23)9-4-3-5-17-9;1-7(2)11(17)15(23)25-6-10(21)13(22)14-12(18-8(3)19)9(20)5-16(4,24)26-14;/h9-10,13-15,19,21-22,24,26H,3-6H2,1-2H3,(H,18,20);10-14,19,21-23,25H,1,5-7H2,2-4H3,(H,17,20);9-14,17,20-22,24H,3-7H2,1-2H3,(H,18,19);7,9-14,20-22,24H,5-6,17H2,1-4H3,(H,18,19);1H4/t9-,10+,13+,14+,15+,17-;10-,11+,12+,13+,14+,16-;9-,10+,11-,12-,13-,14-,16-;9-,10+,11+,12+,13+,14+,16+;/m0010./s1. The molecule has 6 aliphatic heterocycles. The quantitative estimate of drug-likeness (QED) is 0.0255. The van der Waals surface area contributed by atoms with Gasteiger partial charge in [-0.25, -0.2) is 9.59 Å². The number of hydrogen-bond acceptors (Lipinski definition) is 39. The van der Waals surface area contributed by atoms with Crippen molar-refractivity contribution in [3.63, 3.8) is 0 Å². The lowest BCUT2D eigenvalue weighted by atomic mass is 9.88. The van der Waals surface area contributed by atoms with Gasteiger partial charge in [0.1, 0.15) is 118 Å². The molecule has 6 heterocycles. The first-order valence-corrected chi connectivity index (χ1v) is 34.4. The van der Waals surface area contributed by atoms with Crippen LogP contribution in [0.15, 0.2) is 23.6 Å². The largest absolute Gasteiger partial charge is 0.462 e. The fourth-order valence-electron chi connectivity index (χ4n) is 11.6. The lowest BCUT2D eigenvalue weighted by Gasteiger charge is -2.45. The van der Waals surface area contributed by atoms with Gasteiger partial charge in [0.05, 0.1) is 68.2 Å². The van der Waals surface area contributed by atoms with Gasteiger partial charge in [-0.1, -0.05) is 27.9 Å². The van der Waals surface area contributed by atoms with Crippen molar-refractivity contribution >= 4 is 53.5 Å². The topological polar surface area (TPSA) is 690 Å². The van der Waals surface area contributed by atoms with Crippen molar-refractivity contribution in [2.75, 3.05) is 60.3 Å². The first-order valence-electron chi connectivity index (χ1n) is 34.4. The van der Waals surface area contributed by atoms with E-state index in [1.54, 1.807) is 39.8 Å². The third kappa shape index (κ3) is 29.5. The smallest absolute Gasteiger partial charge is 0.367 e. The lowest BCUT2D eigenvalue weighted by molar-refractivity contribution is -0.297. The van der Waals surface area contributed by atoms with Crippen LogP contribution in [0.25, 0.3) is 0 Å². The van der Waals surface area contributed by atoms with Gasteiger partial charge in [-0.15, -0.1) is 0 Å². The minimum absolute atomic E-state index is 0. The molecule has 6 rings (SSSR count). The summed E-state index contributed by atoms with van der Waals surface area (Å²) >= 11 is 0. The second-order valence-corrected chi connectivity index (χ2v) is 28.0. The Labute approximate surface area is 628 Å². The van der Waals surface area contributed by atoms with E-state index in [4.69, 9.17) is 58.6 Å². The summed E-state index contributed by atoms with van der Waals surface area (Å²) in [6.45, 7) is 13.3. The molecule has 25 N–H and O–H groups in total. The average Bonchev–Trinajstić information content (AvgIpc) is 1.02. The number of likely N-dealkylation sites (N-methyl/N-ethyl adjacent to an activating group) is 1. The van der Waals surface area contributed by atoms with Gasteiger partial charge in [0.2, 0.25) is 23.6 Å².